The van der Waals surface area contributed by atoms with Gasteiger partial charge < -0.3 is 26.4 Å². The van der Waals surface area contributed by atoms with Gasteiger partial charge in [-0.1, -0.05) is 66.7 Å². The predicted octanol–water partition coefficient (Wildman–Crippen LogP) is 2.97. The molecule has 0 aromatic heterocycles. The number of nitrogens with two attached hydrogens (primary N) is 1. The van der Waals surface area contributed by atoms with E-state index in [1.54, 1.807) is 30.3 Å². The van der Waals surface area contributed by atoms with Crippen molar-refractivity contribution >= 4 is 44.0 Å². The number of aliphatic hydroxyl groups is 1. The molecule has 10 nitrogen and oxygen atoms in total. The number of aliphatic hydroxyl groups excluding tert-OH is 1. The number of rotatable bonds is 12. The Labute approximate surface area is 262 Å². The number of hydrogen-bond acceptors (Lipinski definition) is 7. The first-order chi connectivity index (χ1) is 21.7. The number of carbonyl (C=O) groups is 3. The van der Waals surface area contributed by atoms with Gasteiger partial charge in [-0.05, 0) is 53.4 Å². The van der Waals surface area contributed by atoms with Crippen LogP contribution < -0.4 is 21.3 Å². The summed E-state index contributed by atoms with van der Waals surface area (Å²) in [6.07, 6.45) is 0.238. The average Bonchev–Trinajstić information content (AvgIpc) is 3.12. The highest BCUT2D eigenvalue weighted by atomic mass is 32.2. The summed E-state index contributed by atoms with van der Waals surface area (Å²) in [4.78, 5) is 41.1. The molecule has 1 heterocycles. The molecule has 0 spiro atoms. The van der Waals surface area contributed by atoms with E-state index >= 15 is 0 Å². The molecule has 0 saturated heterocycles. The largest absolute Gasteiger partial charge is 0.390 e. The predicted molar refractivity (Wildman–Crippen MR) is 172 cm³/mol. The molecule has 4 aromatic carbocycles. The Kier molecular flexibility index (Phi) is 9.92. The molecule has 4 aromatic rings. The van der Waals surface area contributed by atoms with Crippen LogP contribution in [0.15, 0.2) is 101 Å². The number of para-hydroxylation sites is 1. The van der Waals surface area contributed by atoms with E-state index in [-0.39, 0.29) is 53.7 Å². The highest BCUT2D eigenvalue weighted by Crippen LogP contribution is 2.36. The number of nitrogens with one attached hydrogen (secondary N) is 2. The lowest BCUT2D eigenvalue weighted by molar-refractivity contribution is -0.129. The molecule has 45 heavy (non-hydrogen) atoms. The van der Waals surface area contributed by atoms with Crippen molar-refractivity contribution in [2.45, 2.75) is 47.6 Å². The number of benzene rings is 4. The summed E-state index contributed by atoms with van der Waals surface area (Å²) in [5, 5.41) is 17.4. The molecule has 5 N–H and O–H groups in total. The molecule has 0 radical (unpaired) electrons. The van der Waals surface area contributed by atoms with Crippen molar-refractivity contribution in [3.63, 3.8) is 0 Å². The Balaban J connectivity index is 1.25. The van der Waals surface area contributed by atoms with Crippen LogP contribution in [0, 0.1) is 0 Å². The van der Waals surface area contributed by atoms with Crippen molar-refractivity contribution in [3.05, 3.63) is 102 Å². The lowest BCUT2D eigenvalue weighted by atomic mass is 10.0. The van der Waals surface area contributed by atoms with Crippen LogP contribution in [0.5, 0.6) is 0 Å². The number of amides is 3. The van der Waals surface area contributed by atoms with Crippen LogP contribution in [-0.2, 0) is 25.8 Å². The second-order valence-corrected chi connectivity index (χ2v) is 12.9. The van der Waals surface area contributed by atoms with Crippen molar-refractivity contribution in [1.82, 2.24) is 10.6 Å². The van der Waals surface area contributed by atoms with Crippen LogP contribution in [-0.4, -0.2) is 63.0 Å². The normalized spacial score (nSPS) is 15.0. The maximum absolute atomic E-state index is 13.5. The molecule has 0 fully saturated rings. The molecule has 11 heteroatoms. The van der Waals surface area contributed by atoms with Gasteiger partial charge in [0.15, 0.2) is 0 Å². The Hall–Kier alpha value is -4.58. The first-order valence-corrected chi connectivity index (χ1v) is 16.3. The topological polar surface area (TPSA) is 159 Å². The number of hydrogen-bond donors (Lipinski definition) is 4. The number of nitrogens with zero attached hydrogens (tertiary/aromatic N) is 1. The molecule has 3 amide bonds. The lowest BCUT2D eigenvalue weighted by Crippen LogP contribution is -2.50. The number of anilines is 1. The van der Waals surface area contributed by atoms with Gasteiger partial charge in [-0.2, -0.15) is 0 Å². The third-order valence-corrected chi connectivity index (χ3v) is 9.68. The van der Waals surface area contributed by atoms with Gasteiger partial charge in [0.05, 0.1) is 27.1 Å². The van der Waals surface area contributed by atoms with Crippen molar-refractivity contribution in [2.24, 2.45) is 5.73 Å². The Morgan fingerprint density at radius 2 is 1.56 bits per heavy atom. The fourth-order valence-corrected chi connectivity index (χ4v) is 7.09. The van der Waals surface area contributed by atoms with Crippen LogP contribution in [0.4, 0.5) is 5.69 Å². The zero-order valence-corrected chi connectivity index (χ0v) is 25.5. The Morgan fingerprint density at radius 3 is 2.33 bits per heavy atom. The van der Waals surface area contributed by atoms with E-state index in [1.807, 2.05) is 42.5 Å². The van der Waals surface area contributed by atoms with Crippen molar-refractivity contribution in [3.8, 4) is 0 Å². The van der Waals surface area contributed by atoms with Crippen LogP contribution in [0.1, 0.15) is 35.2 Å². The van der Waals surface area contributed by atoms with E-state index in [2.05, 4.69) is 10.6 Å². The van der Waals surface area contributed by atoms with Gasteiger partial charge in [0, 0.05) is 32.5 Å². The molecule has 1 aliphatic rings. The Bertz CT molecular complexity index is 1830. The second-order valence-electron chi connectivity index (χ2n) is 11.0. The third kappa shape index (κ3) is 7.22. The first-order valence-electron chi connectivity index (χ1n) is 14.9. The number of fused-ring (bicyclic) bond motifs is 3. The molecule has 234 valence electrons. The Morgan fingerprint density at radius 1 is 0.867 bits per heavy atom. The van der Waals surface area contributed by atoms with Crippen LogP contribution in [0.3, 0.4) is 0 Å². The highest BCUT2D eigenvalue weighted by Gasteiger charge is 2.35. The molecule has 0 saturated carbocycles. The minimum atomic E-state index is -3.91. The fourth-order valence-electron chi connectivity index (χ4n) is 5.44. The highest BCUT2D eigenvalue weighted by molar-refractivity contribution is 7.91. The third-order valence-electron chi connectivity index (χ3n) is 7.82. The van der Waals surface area contributed by atoms with Gasteiger partial charge in [0.25, 0.3) is 5.91 Å². The number of sulfone groups is 1. The summed E-state index contributed by atoms with van der Waals surface area (Å²) in [5.74, 6) is -1.20. The van der Waals surface area contributed by atoms with Crippen LogP contribution >= 0.6 is 0 Å². The quantitative estimate of drug-likeness (QED) is 0.176. The van der Waals surface area contributed by atoms with E-state index in [1.165, 1.54) is 23.1 Å². The minimum absolute atomic E-state index is 0.0104. The molecular formula is C34H36N4O6S. The smallest absolute Gasteiger partial charge is 0.259 e. The van der Waals surface area contributed by atoms with E-state index in [9.17, 15) is 27.9 Å². The summed E-state index contributed by atoms with van der Waals surface area (Å²) < 4.78 is 26.8. The first kappa shape index (κ1) is 31.8. The summed E-state index contributed by atoms with van der Waals surface area (Å²) in [5.41, 5.74) is 6.74. The van der Waals surface area contributed by atoms with Crippen molar-refractivity contribution in [1.29, 1.82) is 0 Å². The van der Waals surface area contributed by atoms with E-state index < -0.39 is 33.8 Å². The van der Waals surface area contributed by atoms with Crippen molar-refractivity contribution in [2.75, 3.05) is 24.5 Å². The maximum atomic E-state index is 13.5. The fraction of sp³-hybridized carbons (Fsp3) is 0.265. The number of unbranched alkanes of at least 4 members (excludes halogenated alkanes) is 1. The number of carbonyl (C=O) groups excluding carboxylic acids is 3. The van der Waals surface area contributed by atoms with Crippen LogP contribution in [0.25, 0.3) is 10.8 Å². The van der Waals surface area contributed by atoms with Crippen molar-refractivity contribution < 1.29 is 27.9 Å². The molecular weight excluding hydrogens is 592 g/mol. The molecule has 1 aliphatic heterocycles. The SMILES string of the molecule is NC[C@@H](O)CNC(=O)C(Cc1ccc2ccccc2c1)NC(=O)CCCCN1C(=O)c2ccccc2S(=O)(=O)c2ccccc21. The molecule has 0 aliphatic carbocycles. The van der Waals surface area contributed by atoms with E-state index in [4.69, 9.17) is 5.73 Å². The van der Waals surface area contributed by atoms with Gasteiger partial charge >= 0.3 is 0 Å². The van der Waals surface area contributed by atoms with Gasteiger partial charge in [-0.3, -0.25) is 14.4 Å². The van der Waals surface area contributed by atoms with E-state index in [0.29, 0.717) is 18.5 Å². The zero-order valence-electron chi connectivity index (χ0n) is 24.7. The lowest BCUT2D eigenvalue weighted by Gasteiger charge is -2.23. The van der Waals surface area contributed by atoms with Gasteiger partial charge in [0.1, 0.15) is 6.04 Å². The van der Waals surface area contributed by atoms with Gasteiger partial charge in [0.2, 0.25) is 21.7 Å². The molecule has 1 unspecified atom stereocenters. The second kappa shape index (κ2) is 14.0. The summed E-state index contributed by atoms with van der Waals surface area (Å²) in [6.45, 7) is 0.151. The summed E-state index contributed by atoms with van der Waals surface area (Å²) in [6, 6.07) is 25.4. The molecule has 5 rings (SSSR count). The van der Waals surface area contributed by atoms with Gasteiger partial charge in [-0.25, -0.2) is 8.42 Å². The van der Waals surface area contributed by atoms with E-state index in [0.717, 1.165) is 16.3 Å². The molecule has 2 atom stereocenters. The minimum Gasteiger partial charge on any atom is -0.390 e. The standard InChI is InChI=1S/C34H36N4O6S/c35-21-26(39)22-36-33(41)28(20-23-16-17-24-9-1-2-10-25(24)19-23)37-32(40)15-7-8-18-38-29-12-4-6-14-31(29)45(43,44)30-13-5-3-11-27(30)34(38)42/h1-6,9-14,16-17,19,26,28,39H,7-8,15,18,20-22,35H2,(H,36,41)(H,37,40)/t26-,28?/m1/s1. The monoisotopic (exact) mass is 628 g/mol. The van der Waals surface area contributed by atoms with Gasteiger partial charge in [-0.15, -0.1) is 0 Å². The summed E-state index contributed by atoms with van der Waals surface area (Å²) >= 11 is 0. The summed E-state index contributed by atoms with van der Waals surface area (Å²) in [7, 11) is -3.91. The maximum Gasteiger partial charge on any atom is 0.259 e. The zero-order chi connectivity index (χ0) is 32.0. The van der Waals surface area contributed by atoms with Crippen LogP contribution in [0.2, 0.25) is 0 Å². The molecule has 0 bridgehead atoms. The average molecular weight is 629 g/mol.